The number of aryl methyl sites for hydroxylation is 1. The molecule has 2 aromatic rings. The topological polar surface area (TPSA) is 64.1 Å². The Morgan fingerprint density at radius 2 is 1.85 bits per heavy atom. The van der Waals surface area contributed by atoms with Crippen LogP contribution < -0.4 is 10.1 Å². The summed E-state index contributed by atoms with van der Waals surface area (Å²) in [6, 6.07) is 10.2. The second-order valence-electron chi connectivity index (χ2n) is 7.14. The van der Waals surface area contributed by atoms with Crippen LogP contribution in [0, 0.1) is 5.92 Å². The van der Waals surface area contributed by atoms with E-state index in [4.69, 9.17) is 9.72 Å². The summed E-state index contributed by atoms with van der Waals surface area (Å²) in [7, 11) is 1.65. The molecule has 144 valence electrons. The van der Waals surface area contributed by atoms with Crippen molar-refractivity contribution >= 4 is 5.91 Å². The zero-order valence-corrected chi connectivity index (χ0v) is 16.5. The first-order valence-electron chi connectivity index (χ1n) is 9.95. The van der Waals surface area contributed by atoms with Crippen LogP contribution in [0.2, 0.25) is 0 Å². The quantitative estimate of drug-likeness (QED) is 0.785. The van der Waals surface area contributed by atoms with E-state index in [2.05, 4.69) is 24.1 Å². The minimum atomic E-state index is 0.0182. The number of nitrogens with zero attached hydrogens (tertiary/aromatic N) is 2. The molecular weight excluding hydrogens is 338 g/mol. The third-order valence-electron chi connectivity index (χ3n) is 5.46. The molecule has 0 saturated carbocycles. The molecule has 0 saturated heterocycles. The predicted octanol–water partition coefficient (Wildman–Crippen LogP) is 3.95. The molecule has 0 aliphatic heterocycles. The molecule has 1 heterocycles. The number of carbonyl (C=O) groups excluding carboxylic acids is 1. The Kier molecular flexibility index (Phi) is 6.43. The first-order valence-corrected chi connectivity index (χ1v) is 9.95. The van der Waals surface area contributed by atoms with Crippen LogP contribution in [0.15, 0.2) is 30.3 Å². The van der Waals surface area contributed by atoms with Crippen LogP contribution >= 0.6 is 0 Å². The Balaban J connectivity index is 1.81. The van der Waals surface area contributed by atoms with Crippen LogP contribution in [-0.2, 0) is 17.6 Å². The van der Waals surface area contributed by atoms with Crippen molar-refractivity contribution in [3.05, 3.63) is 41.6 Å². The number of rotatable bonds is 6. The van der Waals surface area contributed by atoms with E-state index >= 15 is 0 Å². The molecule has 1 aliphatic carbocycles. The van der Waals surface area contributed by atoms with Crippen LogP contribution in [0.25, 0.3) is 11.4 Å². The molecule has 1 aromatic heterocycles. The summed E-state index contributed by atoms with van der Waals surface area (Å²) in [5, 5.41) is 3.20. The second-order valence-corrected chi connectivity index (χ2v) is 7.14. The van der Waals surface area contributed by atoms with Gasteiger partial charge in [-0.05, 0) is 38.5 Å². The van der Waals surface area contributed by atoms with Gasteiger partial charge in [-0.3, -0.25) is 4.79 Å². The predicted molar refractivity (Wildman–Crippen MR) is 107 cm³/mol. The van der Waals surface area contributed by atoms with Crippen LogP contribution in [-0.4, -0.2) is 29.0 Å². The molecule has 1 atom stereocenters. The molecule has 5 nitrogen and oxygen atoms in total. The lowest BCUT2D eigenvalue weighted by molar-refractivity contribution is -0.126. The lowest BCUT2D eigenvalue weighted by atomic mass is 9.98. The highest BCUT2D eigenvalue weighted by atomic mass is 16.5. The van der Waals surface area contributed by atoms with Crippen molar-refractivity contribution in [2.24, 2.45) is 5.92 Å². The Labute approximate surface area is 161 Å². The number of amides is 1. The van der Waals surface area contributed by atoms with Gasteiger partial charge in [0.05, 0.1) is 12.8 Å². The van der Waals surface area contributed by atoms with Crippen molar-refractivity contribution < 1.29 is 9.53 Å². The standard InChI is InChI=1S/C22H29N3O2/c1-4-17(5-2)23-21(26)16-11-13-18-19(14-12-16)24-20(25-22(18)27-3)15-9-7-6-8-10-15/h6-10,16-17H,4-5,11-14H2,1-3H3,(H,23,26). The molecule has 5 heteroatoms. The zero-order valence-electron chi connectivity index (χ0n) is 16.5. The SMILES string of the molecule is CCC(CC)NC(=O)C1CCc2nc(-c3ccccc3)nc(OC)c2CC1. The monoisotopic (exact) mass is 367 g/mol. The van der Waals surface area contributed by atoms with Crippen LogP contribution in [0.1, 0.15) is 50.8 Å². The van der Waals surface area contributed by atoms with E-state index in [-0.39, 0.29) is 17.9 Å². The third-order valence-corrected chi connectivity index (χ3v) is 5.46. The Morgan fingerprint density at radius 3 is 2.52 bits per heavy atom. The van der Waals surface area contributed by atoms with E-state index in [0.29, 0.717) is 11.7 Å². The van der Waals surface area contributed by atoms with E-state index in [0.717, 1.165) is 55.3 Å². The number of hydrogen-bond acceptors (Lipinski definition) is 4. The maximum Gasteiger partial charge on any atom is 0.223 e. The van der Waals surface area contributed by atoms with Gasteiger partial charge in [-0.2, -0.15) is 4.98 Å². The van der Waals surface area contributed by atoms with Gasteiger partial charge in [0.1, 0.15) is 0 Å². The van der Waals surface area contributed by atoms with Crippen molar-refractivity contribution in [3.8, 4) is 17.3 Å². The molecule has 1 N–H and O–H groups in total. The normalized spacial score (nSPS) is 16.5. The summed E-state index contributed by atoms with van der Waals surface area (Å²) in [5.41, 5.74) is 3.04. The maximum atomic E-state index is 12.7. The Hall–Kier alpha value is -2.43. The molecule has 0 spiro atoms. The first kappa shape index (κ1) is 19.3. The van der Waals surface area contributed by atoms with Gasteiger partial charge in [0.2, 0.25) is 11.8 Å². The third kappa shape index (κ3) is 4.46. The molecule has 1 aromatic carbocycles. The summed E-state index contributed by atoms with van der Waals surface area (Å²) in [5.74, 6) is 1.52. The number of benzene rings is 1. The highest BCUT2D eigenvalue weighted by Crippen LogP contribution is 2.31. The molecule has 1 amide bonds. The average molecular weight is 367 g/mol. The molecule has 0 bridgehead atoms. The van der Waals surface area contributed by atoms with Gasteiger partial charge in [-0.15, -0.1) is 0 Å². The fourth-order valence-corrected chi connectivity index (χ4v) is 3.70. The average Bonchev–Trinajstić information content (AvgIpc) is 2.94. The highest BCUT2D eigenvalue weighted by molar-refractivity contribution is 5.79. The van der Waals surface area contributed by atoms with E-state index < -0.39 is 0 Å². The molecule has 27 heavy (non-hydrogen) atoms. The number of aromatic nitrogens is 2. The molecule has 1 aliphatic rings. The first-order chi connectivity index (χ1) is 13.2. The molecular formula is C22H29N3O2. The smallest absolute Gasteiger partial charge is 0.223 e. The second kappa shape index (κ2) is 8.98. The number of hydrogen-bond donors (Lipinski definition) is 1. The summed E-state index contributed by atoms with van der Waals surface area (Å²) in [4.78, 5) is 22.1. The van der Waals surface area contributed by atoms with Gasteiger partial charge in [-0.1, -0.05) is 44.2 Å². The van der Waals surface area contributed by atoms with Gasteiger partial charge >= 0.3 is 0 Å². The molecule has 0 radical (unpaired) electrons. The minimum Gasteiger partial charge on any atom is -0.481 e. The van der Waals surface area contributed by atoms with Crippen molar-refractivity contribution in [1.82, 2.24) is 15.3 Å². The van der Waals surface area contributed by atoms with Crippen LogP contribution in [0.3, 0.4) is 0 Å². The fraction of sp³-hybridized carbons (Fsp3) is 0.500. The number of nitrogens with one attached hydrogen (secondary N) is 1. The molecule has 0 fully saturated rings. The van der Waals surface area contributed by atoms with Crippen molar-refractivity contribution in [3.63, 3.8) is 0 Å². The number of fused-ring (bicyclic) bond motifs is 1. The number of ether oxygens (including phenoxy) is 1. The van der Waals surface area contributed by atoms with Gasteiger partial charge in [0.15, 0.2) is 5.82 Å². The maximum absolute atomic E-state index is 12.7. The van der Waals surface area contributed by atoms with E-state index in [9.17, 15) is 4.79 Å². The summed E-state index contributed by atoms with van der Waals surface area (Å²) < 4.78 is 5.57. The largest absolute Gasteiger partial charge is 0.481 e. The summed E-state index contributed by atoms with van der Waals surface area (Å²) in [6.07, 6.45) is 5.10. The van der Waals surface area contributed by atoms with Crippen molar-refractivity contribution in [2.75, 3.05) is 7.11 Å². The number of carbonyl (C=O) groups is 1. The lowest BCUT2D eigenvalue weighted by Crippen LogP contribution is -2.38. The van der Waals surface area contributed by atoms with Crippen molar-refractivity contribution in [2.45, 2.75) is 58.4 Å². The van der Waals surface area contributed by atoms with Gasteiger partial charge in [-0.25, -0.2) is 4.98 Å². The van der Waals surface area contributed by atoms with Gasteiger partial charge < -0.3 is 10.1 Å². The van der Waals surface area contributed by atoms with Crippen LogP contribution in [0.5, 0.6) is 5.88 Å². The van der Waals surface area contributed by atoms with Crippen molar-refractivity contribution in [1.29, 1.82) is 0 Å². The summed E-state index contributed by atoms with van der Waals surface area (Å²) in [6.45, 7) is 4.23. The number of methoxy groups -OCH3 is 1. The van der Waals surface area contributed by atoms with Crippen LogP contribution in [0.4, 0.5) is 0 Å². The molecule has 3 rings (SSSR count). The Morgan fingerprint density at radius 1 is 1.15 bits per heavy atom. The zero-order chi connectivity index (χ0) is 19.2. The van der Waals surface area contributed by atoms with E-state index in [1.54, 1.807) is 7.11 Å². The minimum absolute atomic E-state index is 0.0182. The summed E-state index contributed by atoms with van der Waals surface area (Å²) >= 11 is 0. The highest BCUT2D eigenvalue weighted by Gasteiger charge is 2.27. The van der Waals surface area contributed by atoms with E-state index in [1.807, 2.05) is 30.3 Å². The lowest BCUT2D eigenvalue weighted by Gasteiger charge is -2.19. The Bertz CT molecular complexity index is 773. The van der Waals surface area contributed by atoms with Gasteiger partial charge in [0, 0.05) is 23.1 Å². The van der Waals surface area contributed by atoms with E-state index in [1.165, 1.54) is 0 Å². The van der Waals surface area contributed by atoms with Gasteiger partial charge in [0.25, 0.3) is 0 Å². The molecule has 1 unspecified atom stereocenters. The fourth-order valence-electron chi connectivity index (χ4n) is 3.70.